The molecule has 2 rings (SSSR count). The monoisotopic (exact) mass is 247 g/mol. The van der Waals surface area contributed by atoms with E-state index in [1.807, 2.05) is 37.2 Å². The topological polar surface area (TPSA) is 35.6 Å². The molecule has 4 nitrogen and oxygen atoms in total. The van der Waals surface area contributed by atoms with Crippen LogP contribution in [-0.2, 0) is 6.42 Å². The molecule has 2 amide bonds. The molecule has 1 aliphatic heterocycles. The first-order valence-electron chi connectivity index (χ1n) is 6.46. The van der Waals surface area contributed by atoms with Crippen molar-refractivity contribution in [1.29, 1.82) is 0 Å². The Hall–Kier alpha value is -1.55. The summed E-state index contributed by atoms with van der Waals surface area (Å²) in [6.45, 7) is 2.36. The molecule has 1 heterocycles. The predicted molar refractivity (Wildman–Crippen MR) is 74.1 cm³/mol. The SMILES string of the molecule is CN(C)CCNC(=O)N1CCCc2ccccc21. The molecule has 1 aromatic rings. The van der Waals surface area contributed by atoms with E-state index in [2.05, 4.69) is 16.3 Å². The van der Waals surface area contributed by atoms with Gasteiger partial charge in [-0.15, -0.1) is 0 Å². The van der Waals surface area contributed by atoms with Crippen molar-refractivity contribution in [3.05, 3.63) is 29.8 Å². The number of hydrogen-bond acceptors (Lipinski definition) is 2. The Labute approximate surface area is 109 Å². The number of hydrogen-bond donors (Lipinski definition) is 1. The second-order valence-corrected chi connectivity index (χ2v) is 4.92. The van der Waals surface area contributed by atoms with Crippen molar-refractivity contribution in [2.24, 2.45) is 0 Å². The summed E-state index contributed by atoms with van der Waals surface area (Å²) in [6.07, 6.45) is 2.11. The lowest BCUT2D eigenvalue weighted by Gasteiger charge is -2.29. The quantitative estimate of drug-likeness (QED) is 0.882. The average Bonchev–Trinajstić information content (AvgIpc) is 2.37. The van der Waals surface area contributed by atoms with E-state index in [1.165, 1.54) is 5.56 Å². The predicted octanol–water partition coefficient (Wildman–Crippen LogP) is 1.71. The van der Waals surface area contributed by atoms with Gasteiger partial charge in [-0.3, -0.25) is 4.90 Å². The molecule has 0 aliphatic carbocycles. The molecular formula is C14H21N3O. The Kier molecular flexibility index (Phi) is 4.20. The lowest BCUT2D eigenvalue weighted by atomic mass is 10.0. The molecule has 1 N–H and O–H groups in total. The number of aryl methyl sites for hydroxylation is 1. The van der Waals surface area contributed by atoms with E-state index in [0.29, 0.717) is 6.54 Å². The number of para-hydroxylation sites is 1. The van der Waals surface area contributed by atoms with E-state index in [1.54, 1.807) is 0 Å². The van der Waals surface area contributed by atoms with Gasteiger partial charge in [-0.05, 0) is 38.6 Å². The van der Waals surface area contributed by atoms with Crippen LogP contribution in [0, 0.1) is 0 Å². The van der Waals surface area contributed by atoms with Crippen molar-refractivity contribution in [3.8, 4) is 0 Å². The number of carbonyl (C=O) groups excluding carboxylic acids is 1. The van der Waals surface area contributed by atoms with Gasteiger partial charge in [-0.2, -0.15) is 0 Å². The zero-order valence-corrected chi connectivity index (χ0v) is 11.1. The van der Waals surface area contributed by atoms with Crippen LogP contribution in [0.25, 0.3) is 0 Å². The second-order valence-electron chi connectivity index (χ2n) is 4.92. The second kappa shape index (κ2) is 5.87. The summed E-state index contributed by atoms with van der Waals surface area (Å²) >= 11 is 0. The van der Waals surface area contributed by atoms with E-state index >= 15 is 0 Å². The van der Waals surface area contributed by atoms with Gasteiger partial charge in [-0.1, -0.05) is 18.2 Å². The molecule has 0 fully saturated rings. The van der Waals surface area contributed by atoms with Gasteiger partial charge in [0, 0.05) is 25.3 Å². The van der Waals surface area contributed by atoms with Gasteiger partial charge in [0.1, 0.15) is 0 Å². The summed E-state index contributed by atoms with van der Waals surface area (Å²) in [5.74, 6) is 0. The highest BCUT2D eigenvalue weighted by Gasteiger charge is 2.21. The van der Waals surface area contributed by atoms with Gasteiger partial charge in [-0.25, -0.2) is 4.79 Å². The van der Waals surface area contributed by atoms with Gasteiger partial charge >= 0.3 is 6.03 Å². The van der Waals surface area contributed by atoms with Crippen LogP contribution < -0.4 is 10.2 Å². The van der Waals surface area contributed by atoms with Crippen LogP contribution in [0.3, 0.4) is 0 Å². The molecule has 18 heavy (non-hydrogen) atoms. The highest BCUT2D eigenvalue weighted by molar-refractivity contribution is 5.93. The number of anilines is 1. The fourth-order valence-corrected chi connectivity index (χ4v) is 2.23. The molecule has 0 saturated carbocycles. The minimum atomic E-state index is 0.0176. The Balaban J connectivity index is 1.99. The fourth-order valence-electron chi connectivity index (χ4n) is 2.23. The number of fused-ring (bicyclic) bond motifs is 1. The number of likely N-dealkylation sites (N-methyl/N-ethyl adjacent to an activating group) is 1. The maximum absolute atomic E-state index is 12.1. The van der Waals surface area contributed by atoms with Gasteiger partial charge < -0.3 is 10.2 Å². The maximum Gasteiger partial charge on any atom is 0.321 e. The summed E-state index contributed by atoms with van der Waals surface area (Å²) in [5, 5.41) is 2.97. The number of nitrogens with one attached hydrogen (secondary N) is 1. The molecular weight excluding hydrogens is 226 g/mol. The molecule has 0 spiro atoms. The zero-order valence-electron chi connectivity index (χ0n) is 11.1. The summed E-state index contributed by atoms with van der Waals surface area (Å²) in [7, 11) is 4.00. The average molecular weight is 247 g/mol. The number of rotatable bonds is 3. The van der Waals surface area contributed by atoms with Crippen LogP contribution in [0.4, 0.5) is 10.5 Å². The summed E-state index contributed by atoms with van der Waals surface area (Å²) in [4.78, 5) is 16.1. The van der Waals surface area contributed by atoms with E-state index in [0.717, 1.165) is 31.6 Å². The first-order chi connectivity index (χ1) is 8.68. The lowest BCUT2D eigenvalue weighted by Crippen LogP contribution is -2.44. The van der Waals surface area contributed by atoms with Crippen molar-refractivity contribution >= 4 is 11.7 Å². The van der Waals surface area contributed by atoms with Crippen molar-refractivity contribution in [2.45, 2.75) is 12.8 Å². The van der Waals surface area contributed by atoms with E-state index < -0.39 is 0 Å². The van der Waals surface area contributed by atoms with Crippen LogP contribution >= 0.6 is 0 Å². The minimum absolute atomic E-state index is 0.0176. The highest BCUT2D eigenvalue weighted by Crippen LogP contribution is 2.26. The zero-order chi connectivity index (χ0) is 13.0. The molecule has 0 radical (unpaired) electrons. The number of urea groups is 1. The molecule has 1 aliphatic rings. The van der Waals surface area contributed by atoms with E-state index in [4.69, 9.17) is 0 Å². The Bertz CT molecular complexity index is 417. The van der Waals surface area contributed by atoms with Gasteiger partial charge in [0.2, 0.25) is 0 Å². The third-order valence-electron chi connectivity index (χ3n) is 3.19. The van der Waals surface area contributed by atoms with Crippen LogP contribution in [0.15, 0.2) is 24.3 Å². The molecule has 0 unspecified atom stereocenters. The molecule has 4 heteroatoms. The molecule has 1 aromatic carbocycles. The van der Waals surface area contributed by atoms with Crippen molar-refractivity contribution in [2.75, 3.05) is 38.6 Å². The molecule has 0 atom stereocenters. The Morgan fingerprint density at radius 1 is 1.39 bits per heavy atom. The van der Waals surface area contributed by atoms with Crippen molar-refractivity contribution in [3.63, 3.8) is 0 Å². The summed E-state index contributed by atoms with van der Waals surface area (Å²) in [5.41, 5.74) is 2.33. The van der Waals surface area contributed by atoms with Gasteiger partial charge in [0.25, 0.3) is 0 Å². The van der Waals surface area contributed by atoms with Crippen molar-refractivity contribution < 1.29 is 4.79 Å². The van der Waals surface area contributed by atoms with Crippen molar-refractivity contribution in [1.82, 2.24) is 10.2 Å². The maximum atomic E-state index is 12.1. The molecule has 0 aromatic heterocycles. The smallest absolute Gasteiger partial charge is 0.321 e. The van der Waals surface area contributed by atoms with Crippen LogP contribution in [0.5, 0.6) is 0 Å². The number of amides is 2. The van der Waals surface area contributed by atoms with E-state index in [-0.39, 0.29) is 6.03 Å². The molecule has 0 bridgehead atoms. The third kappa shape index (κ3) is 3.01. The Morgan fingerprint density at radius 2 is 2.17 bits per heavy atom. The first-order valence-corrected chi connectivity index (χ1v) is 6.46. The highest BCUT2D eigenvalue weighted by atomic mass is 16.2. The fraction of sp³-hybridized carbons (Fsp3) is 0.500. The standard InChI is InChI=1S/C14H21N3O/c1-16(2)11-9-15-14(18)17-10-5-7-12-6-3-4-8-13(12)17/h3-4,6,8H,5,7,9-11H2,1-2H3,(H,15,18). The minimum Gasteiger partial charge on any atom is -0.336 e. The van der Waals surface area contributed by atoms with Gasteiger partial charge in [0.15, 0.2) is 0 Å². The van der Waals surface area contributed by atoms with Crippen LogP contribution in [0.1, 0.15) is 12.0 Å². The van der Waals surface area contributed by atoms with Crippen LogP contribution in [0.2, 0.25) is 0 Å². The number of benzene rings is 1. The largest absolute Gasteiger partial charge is 0.336 e. The third-order valence-corrected chi connectivity index (χ3v) is 3.19. The van der Waals surface area contributed by atoms with Gasteiger partial charge in [0.05, 0.1) is 0 Å². The number of nitrogens with zero attached hydrogens (tertiary/aromatic N) is 2. The summed E-state index contributed by atoms with van der Waals surface area (Å²) < 4.78 is 0. The first kappa shape index (κ1) is 12.9. The molecule has 98 valence electrons. The number of carbonyl (C=O) groups is 1. The summed E-state index contributed by atoms with van der Waals surface area (Å²) in [6, 6.07) is 8.18. The lowest BCUT2D eigenvalue weighted by molar-refractivity contribution is 0.244. The Morgan fingerprint density at radius 3 is 2.94 bits per heavy atom. The van der Waals surface area contributed by atoms with E-state index in [9.17, 15) is 4.79 Å². The van der Waals surface area contributed by atoms with Crippen LogP contribution in [-0.4, -0.2) is 44.7 Å². The molecule has 0 saturated heterocycles. The normalized spacial score (nSPS) is 14.5.